The number of aliphatic carboxylic acids is 1. The summed E-state index contributed by atoms with van der Waals surface area (Å²) in [7, 11) is 3.22. The lowest BCUT2D eigenvalue weighted by atomic mass is 9.95. The first-order valence-electron chi connectivity index (χ1n) is 5.97. The van der Waals surface area contributed by atoms with Crippen LogP contribution in [0.15, 0.2) is 12.1 Å². The zero-order valence-corrected chi connectivity index (χ0v) is 10.9. The van der Waals surface area contributed by atoms with E-state index < -0.39 is 11.4 Å². The van der Waals surface area contributed by atoms with E-state index in [4.69, 9.17) is 9.47 Å². The number of hydrogen-bond acceptors (Lipinski definition) is 3. The van der Waals surface area contributed by atoms with Gasteiger partial charge in [0, 0.05) is 0 Å². The molecule has 0 bridgehead atoms. The van der Waals surface area contributed by atoms with Gasteiger partial charge in [0.05, 0.1) is 19.6 Å². The maximum atomic E-state index is 11.2. The van der Waals surface area contributed by atoms with Crippen LogP contribution in [-0.2, 0) is 11.2 Å². The third-order valence-electron chi connectivity index (χ3n) is 3.63. The molecule has 0 radical (unpaired) electrons. The summed E-state index contributed by atoms with van der Waals surface area (Å²) in [4.78, 5) is 11.2. The van der Waals surface area contributed by atoms with Crippen LogP contribution in [-0.4, -0.2) is 25.3 Å². The second-order valence-electron chi connectivity index (χ2n) is 4.90. The topological polar surface area (TPSA) is 55.8 Å². The minimum atomic E-state index is -0.718. The summed E-state index contributed by atoms with van der Waals surface area (Å²) in [6, 6.07) is 3.78. The molecule has 1 aromatic rings. The zero-order chi connectivity index (χ0) is 13.3. The normalized spacial score (nSPS) is 16.2. The van der Waals surface area contributed by atoms with Crippen molar-refractivity contribution in [3.05, 3.63) is 23.3 Å². The molecule has 0 heterocycles. The fourth-order valence-corrected chi connectivity index (χ4v) is 2.23. The van der Waals surface area contributed by atoms with Crippen LogP contribution in [0.1, 0.15) is 24.0 Å². The highest BCUT2D eigenvalue weighted by Crippen LogP contribution is 2.50. The summed E-state index contributed by atoms with van der Waals surface area (Å²) in [6.07, 6.45) is 1.98. The van der Waals surface area contributed by atoms with Crippen molar-refractivity contribution >= 4 is 5.97 Å². The number of aryl methyl sites for hydroxylation is 1. The number of carboxylic acid groups (broad SMARTS) is 1. The van der Waals surface area contributed by atoms with E-state index in [1.807, 2.05) is 19.1 Å². The van der Waals surface area contributed by atoms with Crippen molar-refractivity contribution in [1.82, 2.24) is 0 Å². The molecule has 0 aliphatic heterocycles. The van der Waals surface area contributed by atoms with Crippen molar-refractivity contribution < 1.29 is 19.4 Å². The molecule has 98 valence electrons. The van der Waals surface area contributed by atoms with Crippen molar-refractivity contribution in [3.63, 3.8) is 0 Å². The molecule has 1 fully saturated rings. The predicted molar refractivity (Wildman–Crippen MR) is 67.3 cm³/mol. The predicted octanol–water partition coefficient (Wildman–Crippen LogP) is 2.42. The molecule has 0 spiro atoms. The standard InChI is InChI=1S/C14H18O4/c1-9-6-12(18-3)10(7-11(9)17-2)8-14(4-5-14)13(15)16/h6-7H,4-5,8H2,1-3H3,(H,15,16). The van der Waals surface area contributed by atoms with E-state index in [1.165, 1.54) is 0 Å². The van der Waals surface area contributed by atoms with E-state index in [-0.39, 0.29) is 0 Å². The number of hydrogen-bond donors (Lipinski definition) is 1. The summed E-state index contributed by atoms with van der Waals surface area (Å²) in [5.41, 5.74) is 1.30. The molecule has 1 saturated carbocycles. The Hall–Kier alpha value is -1.71. The monoisotopic (exact) mass is 250 g/mol. The molecule has 1 aliphatic carbocycles. The van der Waals surface area contributed by atoms with Gasteiger partial charge < -0.3 is 14.6 Å². The summed E-state index contributed by atoms with van der Waals surface area (Å²) in [5, 5.41) is 9.24. The second-order valence-corrected chi connectivity index (χ2v) is 4.90. The molecule has 18 heavy (non-hydrogen) atoms. The van der Waals surface area contributed by atoms with Gasteiger partial charge in [-0.15, -0.1) is 0 Å². The molecule has 4 heteroatoms. The average Bonchev–Trinajstić information content (AvgIpc) is 3.12. The highest BCUT2D eigenvalue weighted by atomic mass is 16.5. The molecule has 4 nitrogen and oxygen atoms in total. The van der Waals surface area contributed by atoms with Gasteiger partial charge in [-0.05, 0) is 49.4 Å². The molecule has 0 amide bonds. The minimum absolute atomic E-state index is 0.502. The third kappa shape index (κ3) is 2.15. The van der Waals surface area contributed by atoms with Crippen LogP contribution in [0.5, 0.6) is 11.5 Å². The van der Waals surface area contributed by atoms with Gasteiger partial charge in [0.2, 0.25) is 0 Å². The van der Waals surface area contributed by atoms with Crippen molar-refractivity contribution in [1.29, 1.82) is 0 Å². The van der Waals surface area contributed by atoms with Gasteiger partial charge in [-0.25, -0.2) is 0 Å². The number of carbonyl (C=O) groups is 1. The van der Waals surface area contributed by atoms with Gasteiger partial charge in [0.15, 0.2) is 0 Å². The first-order valence-corrected chi connectivity index (χ1v) is 5.97. The highest BCUT2D eigenvalue weighted by molar-refractivity contribution is 5.78. The number of benzene rings is 1. The number of rotatable bonds is 5. The van der Waals surface area contributed by atoms with E-state index in [1.54, 1.807) is 14.2 Å². The van der Waals surface area contributed by atoms with Crippen LogP contribution >= 0.6 is 0 Å². The third-order valence-corrected chi connectivity index (χ3v) is 3.63. The lowest BCUT2D eigenvalue weighted by molar-refractivity contribution is -0.143. The van der Waals surface area contributed by atoms with Crippen molar-refractivity contribution in [2.45, 2.75) is 26.2 Å². The lowest BCUT2D eigenvalue weighted by Gasteiger charge is -2.16. The molecular formula is C14H18O4. The summed E-state index contributed by atoms with van der Waals surface area (Å²) < 4.78 is 10.6. The Labute approximate surface area is 107 Å². The van der Waals surface area contributed by atoms with E-state index in [0.717, 1.165) is 35.5 Å². The van der Waals surface area contributed by atoms with Crippen molar-refractivity contribution in [2.75, 3.05) is 14.2 Å². The molecule has 0 saturated heterocycles. The Balaban J connectivity index is 2.34. The maximum absolute atomic E-state index is 11.2. The molecule has 1 aromatic carbocycles. The molecule has 1 aliphatic rings. The SMILES string of the molecule is COc1cc(CC2(C(=O)O)CC2)c(OC)cc1C. The Morgan fingerprint density at radius 2 is 1.89 bits per heavy atom. The highest BCUT2D eigenvalue weighted by Gasteiger charge is 2.50. The van der Waals surface area contributed by atoms with Gasteiger partial charge in [0.1, 0.15) is 11.5 Å². The molecule has 0 unspecified atom stereocenters. The fourth-order valence-electron chi connectivity index (χ4n) is 2.23. The van der Waals surface area contributed by atoms with Gasteiger partial charge >= 0.3 is 5.97 Å². The maximum Gasteiger partial charge on any atom is 0.309 e. The zero-order valence-electron chi connectivity index (χ0n) is 10.9. The summed E-state index contributed by atoms with van der Waals surface area (Å²) >= 11 is 0. The minimum Gasteiger partial charge on any atom is -0.496 e. The van der Waals surface area contributed by atoms with Crippen LogP contribution in [0.3, 0.4) is 0 Å². The number of methoxy groups -OCH3 is 2. The second kappa shape index (κ2) is 4.52. The van der Waals surface area contributed by atoms with Gasteiger partial charge in [-0.1, -0.05) is 0 Å². The smallest absolute Gasteiger partial charge is 0.309 e. The van der Waals surface area contributed by atoms with E-state index in [2.05, 4.69) is 0 Å². The Morgan fingerprint density at radius 1 is 1.28 bits per heavy atom. The van der Waals surface area contributed by atoms with Crippen LogP contribution in [0.2, 0.25) is 0 Å². The van der Waals surface area contributed by atoms with Gasteiger partial charge in [-0.3, -0.25) is 4.79 Å². The first kappa shape index (κ1) is 12.7. The molecule has 0 aromatic heterocycles. The van der Waals surface area contributed by atoms with Crippen LogP contribution in [0, 0.1) is 12.3 Å². The number of ether oxygens (including phenoxy) is 2. The van der Waals surface area contributed by atoms with Gasteiger partial charge in [-0.2, -0.15) is 0 Å². The van der Waals surface area contributed by atoms with E-state index >= 15 is 0 Å². The molecule has 1 N–H and O–H groups in total. The van der Waals surface area contributed by atoms with Crippen LogP contribution < -0.4 is 9.47 Å². The molecular weight excluding hydrogens is 232 g/mol. The van der Waals surface area contributed by atoms with Crippen LogP contribution in [0.4, 0.5) is 0 Å². The van der Waals surface area contributed by atoms with Crippen molar-refractivity contribution in [3.8, 4) is 11.5 Å². The largest absolute Gasteiger partial charge is 0.496 e. The van der Waals surface area contributed by atoms with Crippen molar-refractivity contribution in [2.24, 2.45) is 5.41 Å². The Kier molecular flexibility index (Phi) is 3.20. The number of carboxylic acids is 1. The van der Waals surface area contributed by atoms with E-state index in [0.29, 0.717) is 6.42 Å². The summed E-state index contributed by atoms with van der Waals surface area (Å²) in [6.45, 7) is 1.94. The molecule has 0 atom stereocenters. The Morgan fingerprint density at radius 3 is 2.33 bits per heavy atom. The first-order chi connectivity index (χ1) is 8.52. The fraction of sp³-hybridized carbons (Fsp3) is 0.500. The van der Waals surface area contributed by atoms with Crippen LogP contribution in [0.25, 0.3) is 0 Å². The quantitative estimate of drug-likeness (QED) is 0.872. The molecule has 2 rings (SSSR count). The van der Waals surface area contributed by atoms with E-state index in [9.17, 15) is 9.90 Å². The average molecular weight is 250 g/mol. The lowest BCUT2D eigenvalue weighted by Crippen LogP contribution is -2.18. The Bertz CT molecular complexity index is 475. The van der Waals surface area contributed by atoms with Gasteiger partial charge in [0.25, 0.3) is 0 Å². The summed E-state index contributed by atoms with van der Waals surface area (Å²) in [5.74, 6) is 0.789.